The Morgan fingerprint density at radius 2 is 1.03 bits per heavy atom. The van der Waals surface area contributed by atoms with Gasteiger partial charge >= 0.3 is 0 Å². The Balaban J connectivity index is 0. The van der Waals surface area contributed by atoms with E-state index in [1.54, 1.807) is 12.1 Å². The van der Waals surface area contributed by atoms with Gasteiger partial charge in [0, 0.05) is 5.41 Å². The van der Waals surface area contributed by atoms with E-state index in [0.29, 0.717) is 11.5 Å². The predicted molar refractivity (Wildman–Crippen MR) is 130 cm³/mol. The van der Waals surface area contributed by atoms with Crippen LogP contribution in [-0.2, 0) is 5.41 Å². The molecule has 2 heteroatoms. The minimum Gasteiger partial charge on any atom is -0.508 e. The number of phenolic OH excluding ortho intramolecular Hbond substituents is 2. The summed E-state index contributed by atoms with van der Waals surface area (Å²) in [5.74, 6) is 0.680. The SMILES string of the molecule is CC.CC.CCC.CCCC(CC)(c1ccc(O)c(C)c1)c1ccc(O)c(C)c1. The minimum absolute atomic E-state index is 0.0777. The fourth-order valence-corrected chi connectivity index (χ4v) is 3.37. The highest BCUT2D eigenvalue weighted by Gasteiger charge is 2.32. The normalized spacial score (nSPS) is 9.86. The zero-order chi connectivity index (χ0) is 23.0. The van der Waals surface area contributed by atoms with Crippen LogP contribution in [0, 0.1) is 13.8 Å². The lowest BCUT2D eigenvalue weighted by Gasteiger charge is -2.35. The summed E-state index contributed by atoms with van der Waals surface area (Å²) in [6.07, 6.45) is 4.35. The zero-order valence-corrected chi connectivity index (χ0v) is 20.7. The Hall–Kier alpha value is -1.96. The second kappa shape index (κ2) is 15.9. The van der Waals surface area contributed by atoms with Crippen molar-refractivity contribution in [3.05, 3.63) is 58.7 Å². The van der Waals surface area contributed by atoms with Crippen molar-refractivity contribution in [2.24, 2.45) is 0 Å². The second-order valence-electron chi connectivity index (χ2n) is 6.90. The van der Waals surface area contributed by atoms with Gasteiger partial charge in [-0.2, -0.15) is 0 Å². The van der Waals surface area contributed by atoms with Gasteiger partial charge in [0.05, 0.1) is 0 Å². The molecule has 0 amide bonds. The van der Waals surface area contributed by atoms with Gasteiger partial charge in [-0.3, -0.25) is 0 Å². The molecule has 0 atom stereocenters. The van der Waals surface area contributed by atoms with Crippen LogP contribution in [-0.4, -0.2) is 10.2 Å². The minimum atomic E-state index is -0.0777. The van der Waals surface area contributed by atoms with Gasteiger partial charge in [0.25, 0.3) is 0 Å². The van der Waals surface area contributed by atoms with Gasteiger partial charge in [-0.25, -0.2) is 0 Å². The maximum Gasteiger partial charge on any atom is 0.118 e. The lowest BCUT2D eigenvalue weighted by molar-refractivity contribution is 0.441. The lowest BCUT2D eigenvalue weighted by atomic mass is 9.69. The molecule has 0 heterocycles. The molecule has 0 saturated heterocycles. The van der Waals surface area contributed by atoms with Crippen LogP contribution in [0.15, 0.2) is 36.4 Å². The molecule has 2 N–H and O–H groups in total. The average Bonchev–Trinajstić information content (AvgIpc) is 2.74. The van der Waals surface area contributed by atoms with E-state index < -0.39 is 0 Å². The van der Waals surface area contributed by atoms with Crippen LogP contribution >= 0.6 is 0 Å². The molecule has 0 unspecified atom stereocenters. The Morgan fingerprint density at radius 3 is 1.28 bits per heavy atom. The number of phenols is 2. The summed E-state index contributed by atoms with van der Waals surface area (Å²) in [4.78, 5) is 0. The van der Waals surface area contributed by atoms with Gasteiger partial charge in [-0.1, -0.05) is 92.5 Å². The summed E-state index contributed by atoms with van der Waals surface area (Å²) in [5, 5.41) is 19.7. The molecule has 0 bridgehead atoms. The van der Waals surface area contributed by atoms with Crippen LogP contribution in [0.25, 0.3) is 0 Å². The molecule has 166 valence electrons. The second-order valence-corrected chi connectivity index (χ2v) is 6.90. The quantitative estimate of drug-likeness (QED) is 0.525. The molecular weight excluding hydrogens is 356 g/mol. The highest BCUT2D eigenvalue weighted by molar-refractivity contribution is 5.47. The van der Waals surface area contributed by atoms with E-state index in [2.05, 4.69) is 39.8 Å². The van der Waals surface area contributed by atoms with E-state index in [0.717, 1.165) is 30.4 Å². The lowest BCUT2D eigenvalue weighted by Crippen LogP contribution is -2.27. The van der Waals surface area contributed by atoms with Crippen molar-refractivity contribution in [1.29, 1.82) is 0 Å². The first kappa shape index (κ1) is 29.2. The number of hydrogen-bond donors (Lipinski definition) is 2. The van der Waals surface area contributed by atoms with Crippen molar-refractivity contribution in [3.63, 3.8) is 0 Å². The fourth-order valence-electron chi connectivity index (χ4n) is 3.37. The Labute approximate surface area is 181 Å². The topological polar surface area (TPSA) is 40.5 Å². The Morgan fingerprint density at radius 1 is 0.690 bits per heavy atom. The van der Waals surface area contributed by atoms with Crippen molar-refractivity contribution in [3.8, 4) is 11.5 Å². The number of aryl methyl sites for hydroxylation is 2. The maximum absolute atomic E-state index is 9.83. The number of rotatable bonds is 5. The predicted octanol–water partition coefficient (Wildman–Crippen LogP) is 8.68. The average molecular weight is 403 g/mol. The number of benzene rings is 2. The first-order valence-corrected chi connectivity index (χ1v) is 11.5. The van der Waals surface area contributed by atoms with Crippen molar-refractivity contribution in [2.45, 2.75) is 100 Å². The van der Waals surface area contributed by atoms with Crippen LogP contribution in [0.4, 0.5) is 0 Å². The monoisotopic (exact) mass is 402 g/mol. The van der Waals surface area contributed by atoms with Crippen molar-refractivity contribution in [2.75, 3.05) is 0 Å². The first-order chi connectivity index (χ1) is 13.9. The summed E-state index contributed by atoms with van der Waals surface area (Å²) in [7, 11) is 0. The van der Waals surface area contributed by atoms with Crippen LogP contribution < -0.4 is 0 Å². The highest BCUT2D eigenvalue weighted by Crippen LogP contribution is 2.42. The first-order valence-electron chi connectivity index (χ1n) is 11.5. The smallest absolute Gasteiger partial charge is 0.118 e. The third-order valence-electron chi connectivity index (χ3n) is 4.78. The third-order valence-corrected chi connectivity index (χ3v) is 4.78. The summed E-state index contributed by atoms with van der Waals surface area (Å²) < 4.78 is 0. The van der Waals surface area contributed by atoms with Gasteiger partial charge in [0.2, 0.25) is 0 Å². The van der Waals surface area contributed by atoms with Crippen molar-refractivity contribution in [1.82, 2.24) is 0 Å². The van der Waals surface area contributed by atoms with E-state index in [9.17, 15) is 10.2 Å². The van der Waals surface area contributed by atoms with Gasteiger partial charge < -0.3 is 10.2 Å². The standard InChI is InChI=1S/C20H26O2.C3H8.2C2H6/c1-5-11-20(6-2,16-7-9-18(21)14(3)12-16)17-8-10-19(22)15(4)13-17;1-3-2;2*1-2/h7-10,12-13,21-22H,5-6,11H2,1-4H3;3H2,1-2H3;2*1-2H3. The Bertz CT molecular complexity index is 623. The molecule has 0 spiro atoms. The molecule has 2 aromatic carbocycles. The van der Waals surface area contributed by atoms with E-state index in [1.165, 1.54) is 17.5 Å². The summed E-state index contributed by atoms with van der Waals surface area (Å²) in [6, 6.07) is 11.8. The van der Waals surface area contributed by atoms with Crippen LogP contribution in [0.1, 0.15) is 103 Å². The number of aromatic hydroxyl groups is 2. The molecule has 0 aromatic heterocycles. The molecule has 0 radical (unpaired) electrons. The summed E-state index contributed by atoms with van der Waals surface area (Å²) in [6.45, 7) is 20.5. The zero-order valence-electron chi connectivity index (χ0n) is 20.7. The molecule has 0 aliphatic rings. The molecule has 0 aliphatic heterocycles. The van der Waals surface area contributed by atoms with Crippen LogP contribution in [0.5, 0.6) is 11.5 Å². The van der Waals surface area contributed by atoms with Gasteiger partial charge in [-0.05, 0) is 61.1 Å². The maximum atomic E-state index is 9.83. The third kappa shape index (κ3) is 8.12. The molecule has 2 rings (SSSR count). The Kier molecular flexibility index (Phi) is 16.0. The van der Waals surface area contributed by atoms with Crippen LogP contribution in [0.3, 0.4) is 0 Å². The van der Waals surface area contributed by atoms with E-state index in [-0.39, 0.29) is 5.41 Å². The molecule has 2 nitrogen and oxygen atoms in total. The van der Waals surface area contributed by atoms with Crippen molar-refractivity contribution >= 4 is 0 Å². The highest BCUT2D eigenvalue weighted by atomic mass is 16.3. The molecule has 29 heavy (non-hydrogen) atoms. The van der Waals surface area contributed by atoms with Crippen molar-refractivity contribution < 1.29 is 10.2 Å². The van der Waals surface area contributed by atoms with Gasteiger partial charge in [0.1, 0.15) is 11.5 Å². The molecule has 0 saturated carbocycles. The fraction of sp³-hybridized carbons (Fsp3) is 0.556. The molecule has 0 fully saturated rings. The largest absolute Gasteiger partial charge is 0.508 e. The molecular formula is C27H46O2. The van der Waals surface area contributed by atoms with Crippen LogP contribution in [0.2, 0.25) is 0 Å². The molecule has 0 aliphatic carbocycles. The van der Waals surface area contributed by atoms with E-state index in [1.807, 2.05) is 53.7 Å². The van der Waals surface area contributed by atoms with Gasteiger partial charge in [0.15, 0.2) is 0 Å². The summed E-state index contributed by atoms with van der Waals surface area (Å²) >= 11 is 0. The van der Waals surface area contributed by atoms with E-state index in [4.69, 9.17) is 0 Å². The molecule has 2 aromatic rings. The summed E-state index contributed by atoms with van der Waals surface area (Å²) in [5.41, 5.74) is 4.20. The van der Waals surface area contributed by atoms with E-state index >= 15 is 0 Å². The van der Waals surface area contributed by atoms with Gasteiger partial charge in [-0.15, -0.1) is 0 Å². The number of hydrogen-bond acceptors (Lipinski definition) is 2.